The van der Waals surface area contributed by atoms with Crippen molar-refractivity contribution in [1.29, 1.82) is 0 Å². The van der Waals surface area contributed by atoms with E-state index in [1.165, 1.54) is 24.3 Å². The minimum Gasteiger partial charge on any atom is -0.370 e. The maximum atomic E-state index is 13.4. The van der Waals surface area contributed by atoms with Gasteiger partial charge in [0.15, 0.2) is 0 Å². The third kappa shape index (κ3) is 3.67. The SMILES string of the molecule is CN(Cc1cccc(F)c1)c1cc(F)cc(CCl)c1. The lowest BCUT2D eigenvalue weighted by molar-refractivity contribution is 0.623. The summed E-state index contributed by atoms with van der Waals surface area (Å²) in [6.45, 7) is 0.503. The maximum Gasteiger partial charge on any atom is 0.125 e. The first-order valence-electron chi connectivity index (χ1n) is 5.89. The molecule has 0 atom stereocenters. The van der Waals surface area contributed by atoms with E-state index in [1.807, 2.05) is 24.1 Å². The molecule has 19 heavy (non-hydrogen) atoms. The smallest absolute Gasteiger partial charge is 0.125 e. The molecule has 0 saturated heterocycles. The standard InChI is InChI=1S/C15H14ClF2N/c1-19(10-11-3-2-4-13(17)5-11)15-7-12(9-16)6-14(18)8-15/h2-8H,9-10H2,1H3. The molecule has 0 aliphatic carbocycles. The van der Waals surface area contributed by atoms with Gasteiger partial charge in [0.05, 0.1) is 0 Å². The van der Waals surface area contributed by atoms with E-state index < -0.39 is 0 Å². The minimum atomic E-state index is -0.320. The molecule has 0 spiro atoms. The summed E-state index contributed by atoms with van der Waals surface area (Å²) in [5.74, 6) is -0.329. The molecule has 2 aromatic carbocycles. The summed E-state index contributed by atoms with van der Waals surface area (Å²) < 4.78 is 26.5. The fraction of sp³-hybridized carbons (Fsp3) is 0.200. The molecular weight excluding hydrogens is 268 g/mol. The molecule has 0 fully saturated rings. The van der Waals surface area contributed by atoms with Crippen molar-refractivity contribution in [3.8, 4) is 0 Å². The predicted octanol–water partition coefficient (Wildman–Crippen LogP) is 4.34. The number of hydrogen-bond acceptors (Lipinski definition) is 1. The zero-order chi connectivity index (χ0) is 13.8. The number of alkyl halides is 1. The Bertz CT molecular complexity index is 572. The van der Waals surface area contributed by atoms with Gasteiger partial charge in [-0.05, 0) is 41.5 Å². The minimum absolute atomic E-state index is 0.262. The third-order valence-electron chi connectivity index (χ3n) is 2.85. The monoisotopic (exact) mass is 281 g/mol. The van der Waals surface area contributed by atoms with Crippen LogP contribution in [0.15, 0.2) is 42.5 Å². The highest BCUT2D eigenvalue weighted by atomic mass is 35.5. The highest BCUT2D eigenvalue weighted by molar-refractivity contribution is 6.17. The van der Waals surface area contributed by atoms with Crippen LogP contribution in [0, 0.1) is 11.6 Å². The summed E-state index contributed by atoms with van der Waals surface area (Å²) in [5, 5.41) is 0. The van der Waals surface area contributed by atoms with Crippen LogP contribution in [-0.2, 0) is 12.4 Å². The number of benzene rings is 2. The van der Waals surface area contributed by atoms with Gasteiger partial charge in [0, 0.05) is 25.2 Å². The lowest BCUT2D eigenvalue weighted by Gasteiger charge is -2.20. The zero-order valence-electron chi connectivity index (χ0n) is 10.5. The molecule has 0 radical (unpaired) electrons. The Labute approximate surface area is 116 Å². The summed E-state index contributed by atoms with van der Waals surface area (Å²) in [6, 6.07) is 11.0. The quantitative estimate of drug-likeness (QED) is 0.754. The Balaban J connectivity index is 2.20. The second kappa shape index (κ2) is 6.02. The van der Waals surface area contributed by atoms with Crippen molar-refractivity contribution in [1.82, 2.24) is 0 Å². The van der Waals surface area contributed by atoms with Gasteiger partial charge < -0.3 is 4.90 Å². The zero-order valence-corrected chi connectivity index (χ0v) is 11.3. The van der Waals surface area contributed by atoms with Crippen molar-refractivity contribution in [3.63, 3.8) is 0 Å². The summed E-state index contributed by atoms with van der Waals surface area (Å²) in [4.78, 5) is 1.86. The highest BCUT2D eigenvalue weighted by Crippen LogP contribution is 2.20. The Morgan fingerprint density at radius 1 is 1.00 bits per heavy atom. The molecule has 0 aliphatic rings. The summed E-state index contributed by atoms with van der Waals surface area (Å²) in [7, 11) is 1.83. The lowest BCUT2D eigenvalue weighted by atomic mass is 10.1. The molecule has 4 heteroatoms. The molecule has 0 unspecified atom stereocenters. The van der Waals surface area contributed by atoms with Gasteiger partial charge in [-0.25, -0.2) is 8.78 Å². The normalized spacial score (nSPS) is 10.5. The molecule has 0 saturated carbocycles. The van der Waals surface area contributed by atoms with Crippen molar-refractivity contribution >= 4 is 17.3 Å². The van der Waals surface area contributed by atoms with Crippen LogP contribution in [-0.4, -0.2) is 7.05 Å². The molecule has 2 aromatic rings. The molecular formula is C15H14ClF2N. The van der Waals surface area contributed by atoms with Crippen LogP contribution in [0.1, 0.15) is 11.1 Å². The maximum absolute atomic E-state index is 13.4. The second-order valence-electron chi connectivity index (χ2n) is 4.44. The van der Waals surface area contributed by atoms with Crippen LogP contribution < -0.4 is 4.90 Å². The molecule has 2 rings (SSSR count). The van der Waals surface area contributed by atoms with Gasteiger partial charge in [-0.3, -0.25) is 0 Å². The van der Waals surface area contributed by atoms with Gasteiger partial charge in [0.25, 0.3) is 0 Å². The number of hydrogen-bond donors (Lipinski definition) is 0. The van der Waals surface area contributed by atoms with E-state index in [0.717, 1.165) is 16.8 Å². The third-order valence-corrected chi connectivity index (χ3v) is 3.15. The van der Waals surface area contributed by atoms with Crippen molar-refractivity contribution < 1.29 is 8.78 Å². The van der Waals surface area contributed by atoms with Crippen LogP contribution >= 0.6 is 11.6 Å². The average molecular weight is 282 g/mol. The van der Waals surface area contributed by atoms with E-state index >= 15 is 0 Å². The number of rotatable bonds is 4. The molecule has 1 nitrogen and oxygen atoms in total. The van der Waals surface area contributed by atoms with E-state index in [2.05, 4.69) is 0 Å². The molecule has 100 valence electrons. The number of nitrogens with zero attached hydrogens (tertiary/aromatic N) is 1. The topological polar surface area (TPSA) is 3.24 Å². The predicted molar refractivity (Wildman–Crippen MR) is 74.5 cm³/mol. The fourth-order valence-corrected chi connectivity index (χ4v) is 2.09. The van der Waals surface area contributed by atoms with Gasteiger partial charge in [-0.1, -0.05) is 12.1 Å². The fourth-order valence-electron chi connectivity index (χ4n) is 1.93. The molecule has 0 amide bonds. The second-order valence-corrected chi connectivity index (χ2v) is 4.70. The summed E-state index contributed by atoms with van der Waals surface area (Å²) >= 11 is 5.72. The molecule has 0 aromatic heterocycles. The van der Waals surface area contributed by atoms with Gasteiger partial charge in [-0.15, -0.1) is 11.6 Å². The Kier molecular flexibility index (Phi) is 4.38. The van der Waals surface area contributed by atoms with Crippen molar-refractivity contribution in [2.24, 2.45) is 0 Å². The van der Waals surface area contributed by atoms with Crippen LogP contribution in [0.5, 0.6) is 0 Å². The molecule has 0 heterocycles. The highest BCUT2D eigenvalue weighted by Gasteiger charge is 2.06. The van der Waals surface area contributed by atoms with Crippen LogP contribution in [0.4, 0.5) is 14.5 Å². The molecule has 0 aliphatic heterocycles. The van der Waals surface area contributed by atoms with Gasteiger partial charge >= 0.3 is 0 Å². The van der Waals surface area contributed by atoms with Gasteiger partial charge in [0.1, 0.15) is 11.6 Å². The van der Waals surface area contributed by atoms with Crippen LogP contribution in [0.2, 0.25) is 0 Å². The average Bonchev–Trinajstić information content (AvgIpc) is 2.38. The van der Waals surface area contributed by atoms with E-state index in [-0.39, 0.29) is 17.5 Å². The van der Waals surface area contributed by atoms with Crippen LogP contribution in [0.3, 0.4) is 0 Å². The Morgan fingerprint density at radius 3 is 2.42 bits per heavy atom. The van der Waals surface area contributed by atoms with Crippen molar-refractivity contribution in [3.05, 3.63) is 65.2 Å². The Morgan fingerprint density at radius 2 is 1.74 bits per heavy atom. The number of halogens is 3. The molecule has 0 N–H and O–H groups in total. The van der Waals surface area contributed by atoms with Crippen molar-refractivity contribution in [2.45, 2.75) is 12.4 Å². The Hall–Kier alpha value is -1.61. The lowest BCUT2D eigenvalue weighted by Crippen LogP contribution is -2.16. The largest absolute Gasteiger partial charge is 0.370 e. The van der Waals surface area contributed by atoms with Crippen LogP contribution in [0.25, 0.3) is 0 Å². The first-order chi connectivity index (χ1) is 9.08. The summed E-state index contributed by atoms with van der Waals surface area (Å²) in [6.07, 6.45) is 0. The first kappa shape index (κ1) is 13.8. The van der Waals surface area contributed by atoms with Gasteiger partial charge in [0.2, 0.25) is 0 Å². The van der Waals surface area contributed by atoms with E-state index in [1.54, 1.807) is 6.07 Å². The van der Waals surface area contributed by atoms with E-state index in [0.29, 0.717) is 6.54 Å². The summed E-state index contributed by atoms with van der Waals surface area (Å²) in [5.41, 5.74) is 2.28. The first-order valence-corrected chi connectivity index (χ1v) is 6.43. The molecule has 0 bridgehead atoms. The number of anilines is 1. The van der Waals surface area contributed by atoms with Gasteiger partial charge in [-0.2, -0.15) is 0 Å². The van der Waals surface area contributed by atoms with E-state index in [4.69, 9.17) is 11.6 Å². The van der Waals surface area contributed by atoms with Crippen molar-refractivity contribution in [2.75, 3.05) is 11.9 Å². The van der Waals surface area contributed by atoms with E-state index in [9.17, 15) is 8.78 Å².